The highest BCUT2D eigenvalue weighted by Gasteiger charge is 2.18. The van der Waals surface area contributed by atoms with Gasteiger partial charge >= 0.3 is 0 Å². The lowest BCUT2D eigenvalue weighted by molar-refractivity contribution is -0.116. The van der Waals surface area contributed by atoms with E-state index in [0.29, 0.717) is 4.90 Å². The zero-order valence-corrected chi connectivity index (χ0v) is 14.6. The summed E-state index contributed by atoms with van der Waals surface area (Å²) >= 11 is 2.68. The number of thioether (sulfide) groups is 2. The van der Waals surface area contributed by atoms with Gasteiger partial charge in [0.2, 0.25) is 12.3 Å². The van der Waals surface area contributed by atoms with Gasteiger partial charge < -0.3 is 10.6 Å². The molecule has 0 aliphatic carbocycles. The molecule has 0 aromatic heterocycles. The molecule has 2 N–H and O–H groups in total. The van der Waals surface area contributed by atoms with E-state index in [1.165, 1.54) is 12.1 Å². The molecule has 0 spiro atoms. The van der Waals surface area contributed by atoms with E-state index in [9.17, 15) is 18.0 Å². The summed E-state index contributed by atoms with van der Waals surface area (Å²) in [5.41, 5.74) is 0.249. The number of benzene rings is 1. The first-order valence-electron chi connectivity index (χ1n) is 6.86. The van der Waals surface area contributed by atoms with E-state index in [0.717, 1.165) is 35.9 Å². The Balaban J connectivity index is 0.00000264. The quantitative estimate of drug-likeness (QED) is 0.732. The molecule has 9 heteroatoms. The van der Waals surface area contributed by atoms with Crippen molar-refractivity contribution in [3.8, 4) is 0 Å². The van der Waals surface area contributed by atoms with Gasteiger partial charge in [-0.1, -0.05) is 0 Å². The number of amides is 1. The third kappa shape index (κ3) is 7.24. The molecular formula is C14H18ClF3N2OS2. The van der Waals surface area contributed by atoms with Crippen LogP contribution in [0, 0.1) is 5.82 Å². The fourth-order valence-electron chi connectivity index (χ4n) is 2.05. The summed E-state index contributed by atoms with van der Waals surface area (Å²) in [4.78, 5) is 12.5. The number of halogens is 4. The van der Waals surface area contributed by atoms with E-state index >= 15 is 0 Å². The summed E-state index contributed by atoms with van der Waals surface area (Å²) in [6, 6.07) is 3.86. The third-order valence-electron chi connectivity index (χ3n) is 3.01. The molecule has 1 aliphatic rings. The number of hydrogen-bond acceptors (Lipinski definition) is 4. The highest BCUT2D eigenvalue weighted by molar-refractivity contribution is 7.99. The maximum Gasteiger partial charge on any atom is 0.247 e. The molecule has 2 rings (SSSR count). The Morgan fingerprint density at radius 1 is 1.48 bits per heavy atom. The van der Waals surface area contributed by atoms with Crippen molar-refractivity contribution in [3.63, 3.8) is 0 Å². The molecule has 130 valence electrons. The Morgan fingerprint density at radius 2 is 2.26 bits per heavy atom. The smallest absolute Gasteiger partial charge is 0.247 e. The SMILES string of the molecule is Cl.O=C(CC1CSCCN1)Nc1cc(F)ccc1SCC(F)F. The van der Waals surface area contributed by atoms with Crippen LogP contribution in [-0.4, -0.2) is 42.2 Å². The van der Waals surface area contributed by atoms with Crippen molar-refractivity contribution >= 4 is 47.5 Å². The third-order valence-corrected chi connectivity index (χ3v) is 5.23. The predicted molar refractivity (Wildman–Crippen MR) is 92.7 cm³/mol. The van der Waals surface area contributed by atoms with Crippen LogP contribution in [0.15, 0.2) is 23.1 Å². The lowest BCUT2D eigenvalue weighted by Crippen LogP contribution is -2.39. The van der Waals surface area contributed by atoms with E-state index in [1.807, 2.05) is 0 Å². The van der Waals surface area contributed by atoms with Crippen LogP contribution >= 0.6 is 35.9 Å². The largest absolute Gasteiger partial charge is 0.325 e. The minimum Gasteiger partial charge on any atom is -0.325 e. The summed E-state index contributed by atoms with van der Waals surface area (Å²) in [5, 5.41) is 5.87. The first-order valence-corrected chi connectivity index (χ1v) is 9.00. The molecule has 3 nitrogen and oxygen atoms in total. The van der Waals surface area contributed by atoms with E-state index < -0.39 is 18.0 Å². The van der Waals surface area contributed by atoms with Crippen LogP contribution in [0.1, 0.15) is 6.42 Å². The number of nitrogens with one attached hydrogen (secondary N) is 2. The highest BCUT2D eigenvalue weighted by atomic mass is 35.5. The van der Waals surface area contributed by atoms with Crippen molar-refractivity contribution in [3.05, 3.63) is 24.0 Å². The second-order valence-electron chi connectivity index (χ2n) is 4.82. The van der Waals surface area contributed by atoms with Gasteiger partial charge in [-0.3, -0.25) is 4.79 Å². The summed E-state index contributed by atoms with van der Waals surface area (Å²) in [6.45, 7) is 0.859. The molecular weight excluding hydrogens is 369 g/mol. The first-order chi connectivity index (χ1) is 10.5. The minimum atomic E-state index is -2.46. The van der Waals surface area contributed by atoms with Crippen molar-refractivity contribution in [2.24, 2.45) is 0 Å². The number of hydrogen-bond donors (Lipinski definition) is 2. The fourth-order valence-corrected chi connectivity index (χ4v) is 3.74. The Kier molecular flexibility index (Phi) is 9.19. The Hall–Kier alpha value is -0.570. The number of alkyl halides is 2. The van der Waals surface area contributed by atoms with Crippen molar-refractivity contribution in [1.29, 1.82) is 0 Å². The molecule has 1 fully saturated rings. The van der Waals surface area contributed by atoms with Crippen molar-refractivity contribution < 1.29 is 18.0 Å². The molecule has 1 saturated heterocycles. The van der Waals surface area contributed by atoms with Crippen LogP contribution in [0.25, 0.3) is 0 Å². The van der Waals surface area contributed by atoms with Gasteiger partial charge in [-0.25, -0.2) is 13.2 Å². The number of carbonyl (C=O) groups is 1. The van der Waals surface area contributed by atoms with Crippen LogP contribution < -0.4 is 10.6 Å². The molecule has 1 atom stereocenters. The van der Waals surface area contributed by atoms with E-state index in [-0.39, 0.29) is 36.5 Å². The van der Waals surface area contributed by atoms with Gasteiger partial charge in [-0.05, 0) is 18.2 Å². The van der Waals surface area contributed by atoms with Crippen molar-refractivity contribution in [2.75, 3.05) is 29.1 Å². The van der Waals surface area contributed by atoms with Crippen molar-refractivity contribution in [2.45, 2.75) is 23.8 Å². The van der Waals surface area contributed by atoms with E-state index in [2.05, 4.69) is 10.6 Å². The van der Waals surface area contributed by atoms with Gasteiger partial charge in [0, 0.05) is 35.4 Å². The van der Waals surface area contributed by atoms with Crippen LogP contribution in [0.3, 0.4) is 0 Å². The Morgan fingerprint density at radius 3 is 2.91 bits per heavy atom. The van der Waals surface area contributed by atoms with Gasteiger partial charge in [0.1, 0.15) is 5.82 Å². The lowest BCUT2D eigenvalue weighted by atomic mass is 10.2. The average Bonchev–Trinajstić information content (AvgIpc) is 2.47. The predicted octanol–water partition coefficient (Wildman–Crippen LogP) is 3.64. The summed E-state index contributed by atoms with van der Waals surface area (Å²) < 4.78 is 38.0. The van der Waals surface area contributed by atoms with Gasteiger partial charge in [-0.2, -0.15) is 11.8 Å². The van der Waals surface area contributed by atoms with Crippen LogP contribution in [0.2, 0.25) is 0 Å². The van der Waals surface area contributed by atoms with E-state index in [4.69, 9.17) is 0 Å². The van der Waals surface area contributed by atoms with Crippen LogP contribution in [0.5, 0.6) is 0 Å². The van der Waals surface area contributed by atoms with Crippen LogP contribution in [0.4, 0.5) is 18.9 Å². The molecule has 1 aromatic carbocycles. The number of anilines is 1. The lowest BCUT2D eigenvalue weighted by Gasteiger charge is -2.22. The number of rotatable bonds is 6. The molecule has 1 aliphatic heterocycles. The second-order valence-corrected chi connectivity index (χ2v) is 7.03. The van der Waals surface area contributed by atoms with Gasteiger partial charge in [-0.15, -0.1) is 24.2 Å². The normalized spacial score (nSPS) is 17.7. The highest BCUT2D eigenvalue weighted by Crippen LogP contribution is 2.29. The zero-order chi connectivity index (χ0) is 15.9. The zero-order valence-electron chi connectivity index (χ0n) is 12.2. The second kappa shape index (κ2) is 10.3. The molecule has 23 heavy (non-hydrogen) atoms. The molecule has 0 saturated carbocycles. The van der Waals surface area contributed by atoms with Gasteiger partial charge in [0.15, 0.2) is 0 Å². The van der Waals surface area contributed by atoms with E-state index in [1.54, 1.807) is 11.8 Å². The van der Waals surface area contributed by atoms with Gasteiger partial charge in [0.25, 0.3) is 0 Å². The molecule has 1 amide bonds. The first kappa shape index (κ1) is 20.5. The molecule has 1 aromatic rings. The average molecular weight is 387 g/mol. The number of carbonyl (C=O) groups excluding carboxylic acids is 1. The summed E-state index contributed by atoms with van der Waals surface area (Å²) in [7, 11) is 0. The monoisotopic (exact) mass is 386 g/mol. The van der Waals surface area contributed by atoms with Gasteiger partial charge in [0.05, 0.1) is 11.4 Å². The summed E-state index contributed by atoms with van der Waals surface area (Å²) in [6.07, 6.45) is -2.18. The molecule has 0 bridgehead atoms. The maximum atomic E-state index is 13.3. The Bertz CT molecular complexity index is 517. The minimum absolute atomic E-state index is 0. The Labute approximate surface area is 148 Å². The van der Waals surface area contributed by atoms with Crippen LogP contribution in [-0.2, 0) is 4.79 Å². The molecule has 1 heterocycles. The molecule has 1 unspecified atom stereocenters. The van der Waals surface area contributed by atoms with Crippen molar-refractivity contribution in [1.82, 2.24) is 5.32 Å². The maximum absolute atomic E-state index is 13.3. The standard InChI is InChI=1S/C14H17F3N2OS2.ClH/c15-9-1-2-12(22-8-13(16)17)11(5-9)19-14(20)6-10-7-21-4-3-18-10;/h1-2,5,10,13,18H,3-4,6-8H2,(H,19,20);1H. The fraction of sp³-hybridized carbons (Fsp3) is 0.500. The molecule has 0 radical (unpaired) electrons. The summed E-state index contributed by atoms with van der Waals surface area (Å²) in [5.74, 6) is 0.725. The topological polar surface area (TPSA) is 41.1 Å².